The van der Waals surface area contributed by atoms with Crippen LogP contribution in [0.4, 0.5) is 14.9 Å². The molecule has 0 bridgehead atoms. The molecule has 0 unspecified atom stereocenters. The first-order valence-electron chi connectivity index (χ1n) is 6.95. The van der Waals surface area contributed by atoms with Gasteiger partial charge in [0, 0.05) is 13.7 Å². The number of rotatable bonds is 6. The average Bonchev–Trinajstić information content (AvgIpc) is 2.91. The van der Waals surface area contributed by atoms with Crippen molar-refractivity contribution in [3.05, 3.63) is 53.7 Å². The van der Waals surface area contributed by atoms with E-state index in [4.69, 9.17) is 9.15 Å². The SMILES string of the molecule is COCCN(Cc1ccc(C)o1)C(=O)Nc1ccccc1F. The van der Waals surface area contributed by atoms with Crippen molar-refractivity contribution in [2.24, 2.45) is 0 Å². The number of halogens is 1. The van der Waals surface area contributed by atoms with Crippen LogP contribution in [-0.2, 0) is 11.3 Å². The van der Waals surface area contributed by atoms with Gasteiger partial charge in [0.2, 0.25) is 0 Å². The first-order valence-corrected chi connectivity index (χ1v) is 6.95. The molecular formula is C16H19FN2O3. The number of furan rings is 1. The summed E-state index contributed by atoms with van der Waals surface area (Å²) in [7, 11) is 1.56. The normalized spacial score (nSPS) is 10.5. The molecule has 0 saturated carbocycles. The molecule has 0 radical (unpaired) electrons. The molecule has 1 aromatic carbocycles. The Morgan fingerprint density at radius 1 is 1.32 bits per heavy atom. The molecule has 0 saturated heterocycles. The molecule has 6 heteroatoms. The minimum absolute atomic E-state index is 0.144. The Hall–Kier alpha value is -2.34. The van der Waals surface area contributed by atoms with E-state index in [1.807, 2.05) is 19.1 Å². The number of hydrogen-bond acceptors (Lipinski definition) is 3. The molecule has 118 valence electrons. The molecular weight excluding hydrogens is 287 g/mol. The monoisotopic (exact) mass is 306 g/mol. The van der Waals surface area contributed by atoms with Gasteiger partial charge < -0.3 is 19.4 Å². The smallest absolute Gasteiger partial charge is 0.322 e. The highest BCUT2D eigenvalue weighted by atomic mass is 19.1. The van der Waals surface area contributed by atoms with Crippen LogP contribution >= 0.6 is 0 Å². The number of carbonyl (C=O) groups is 1. The summed E-state index contributed by atoms with van der Waals surface area (Å²) in [5.41, 5.74) is 0.144. The first-order chi connectivity index (χ1) is 10.6. The van der Waals surface area contributed by atoms with E-state index in [1.54, 1.807) is 19.2 Å². The van der Waals surface area contributed by atoms with Crippen LogP contribution in [0.1, 0.15) is 11.5 Å². The zero-order valence-electron chi connectivity index (χ0n) is 12.6. The van der Waals surface area contributed by atoms with E-state index in [1.165, 1.54) is 17.0 Å². The fourth-order valence-corrected chi connectivity index (χ4v) is 1.97. The van der Waals surface area contributed by atoms with Crippen molar-refractivity contribution in [1.82, 2.24) is 4.90 Å². The quantitative estimate of drug-likeness (QED) is 0.890. The minimum Gasteiger partial charge on any atom is -0.464 e. The predicted molar refractivity (Wildman–Crippen MR) is 81.1 cm³/mol. The van der Waals surface area contributed by atoms with Gasteiger partial charge in [-0.2, -0.15) is 0 Å². The van der Waals surface area contributed by atoms with Gasteiger partial charge in [0.25, 0.3) is 0 Å². The molecule has 22 heavy (non-hydrogen) atoms. The number of hydrogen-bond donors (Lipinski definition) is 1. The van der Waals surface area contributed by atoms with E-state index in [-0.39, 0.29) is 12.2 Å². The third-order valence-corrected chi connectivity index (χ3v) is 3.11. The number of carbonyl (C=O) groups excluding carboxylic acids is 1. The van der Waals surface area contributed by atoms with Crippen molar-refractivity contribution in [2.45, 2.75) is 13.5 Å². The minimum atomic E-state index is -0.476. The summed E-state index contributed by atoms with van der Waals surface area (Å²) in [6.07, 6.45) is 0. The van der Waals surface area contributed by atoms with Crippen molar-refractivity contribution in [1.29, 1.82) is 0 Å². The number of amides is 2. The fraction of sp³-hybridized carbons (Fsp3) is 0.312. The van der Waals surface area contributed by atoms with Gasteiger partial charge in [-0.3, -0.25) is 0 Å². The first kappa shape index (κ1) is 16.0. The van der Waals surface area contributed by atoms with E-state index in [9.17, 15) is 9.18 Å². The number of methoxy groups -OCH3 is 1. The van der Waals surface area contributed by atoms with Gasteiger partial charge in [-0.15, -0.1) is 0 Å². The summed E-state index contributed by atoms with van der Waals surface area (Å²) in [6, 6.07) is 9.28. The average molecular weight is 306 g/mol. The number of benzene rings is 1. The number of nitrogens with zero attached hydrogens (tertiary/aromatic N) is 1. The Kier molecular flexibility index (Phi) is 5.55. The number of nitrogens with one attached hydrogen (secondary N) is 1. The highest BCUT2D eigenvalue weighted by Crippen LogP contribution is 2.15. The lowest BCUT2D eigenvalue weighted by molar-refractivity contribution is 0.149. The van der Waals surface area contributed by atoms with Crippen molar-refractivity contribution in [3.8, 4) is 0 Å². The standard InChI is InChI=1S/C16H19FN2O3/c1-12-7-8-13(22-12)11-19(9-10-21-2)16(20)18-15-6-4-3-5-14(15)17/h3-8H,9-11H2,1-2H3,(H,18,20). The summed E-state index contributed by atoms with van der Waals surface area (Å²) in [6.45, 7) is 2.88. The van der Waals surface area contributed by atoms with Gasteiger partial charge in [0.05, 0.1) is 18.8 Å². The largest absolute Gasteiger partial charge is 0.464 e. The molecule has 0 atom stereocenters. The van der Waals surface area contributed by atoms with Crippen LogP contribution in [0.25, 0.3) is 0 Å². The molecule has 2 aromatic rings. The summed E-state index contributed by atoms with van der Waals surface area (Å²) >= 11 is 0. The molecule has 0 spiro atoms. The van der Waals surface area contributed by atoms with Crippen molar-refractivity contribution < 1.29 is 18.3 Å². The predicted octanol–water partition coefficient (Wildman–Crippen LogP) is 3.41. The zero-order valence-corrected chi connectivity index (χ0v) is 12.6. The van der Waals surface area contributed by atoms with Crippen LogP contribution in [0, 0.1) is 12.7 Å². The van der Waals surface area contributed by atoms with Gasteiger partial charge in [-0.1, -0.05) is 12.1 Å². The Morgan fingerprint density at radius 2 is 2.09 bits per heavy atom. The lowest BCUT2D eigenvalue weighted by Crippen LogP contribution is -2.37. The summed E-state index contributed by atoms with van der Waals surface area (Å²) in [5, 5.41) is 2.56. The summed E-state index contributed by atoms with van der Waals surface area (Å²) < 4.78 is 24.1. The van der Waals surface area contributed by atoms with Crippen LogP contribution in [0.5, 0.6) is 0 Å². The van der Waals surface area contributed by atoms with Gasteiger partial charge >= 0.3 is 6.03 Å². The van der Waals surface area contributed by atoms with E-state index in [0.29, 0.717) is 18.9 Å². The second kappa shape index (κ2) is 7.61. The van der Waals surface area contributed by atoms with Crippen LogP contribution in [-0.4, -0.2) is 31.2 Å². The summed E-state index contributed by atoms with van der Waals surface area (Å²) in [5.74, 6) is 0.963. The zero-order chi connectivity index (χ0) is 15.9. The third-order valence-electron chi connectivity index (χ3n) is 3.11. The topological polar surface area (TPSA) is 54.7 Å². The second-order valence-corrected chi connectivity index (χ2v) is 4.84. The maximum absolute atomic E-state index is 13.6. The van der Waals surface area contributed by atoms with Crippen LogP contribution in [0.15, 0.2) is 40.8 Å². The molecule has 0 aliphatic rings. The molecule has 2 rings (SSSR count). The molecule has 1 aromatic heterocycles. The van der Waals surface area contributed by atoms with Gasteiger partial charge in [-0.05, 0) is 31.2 Å². The second-order valence-electron chi connectivity index (χ2n) is 4.84. The van der Waals surface area contributed by atoms with E-state index < -0.39 is 11.8 Å². The molecule has 5 nitrogen and oxygen atoms in total. The Morgan fingerprint density at radius 3 is 2.73 bits per heavy atom. The van der Waals surface area contributed by atoms with Crippen molar-refractivity contribution in [3.63, 3.8) is 0 Å². The number of anilines is 1. The van der Waals surface area contributed by atoms with Crippen molar-refractivity contribution in [2.75, 3.05) is 25.6 Å². The van der Waals surface area contributed by atoms with Crippen LogP contribution in [0.2, 0.25) is 0 Å². The number of ether oxygens (including phenoxy) is 1. The van der Waals surface area contributed by atoms with E-state index >= 15 is 0 Å². The molecule has 1 N–H and O–H groups in total. The molecule has 0 fully saturated rings. The lowest BCUT2D eigenvalue weighted by atomic mass is 10.3. The lowest BCUT2D eigenvalue weighted by Gasteiger charge is -2.22. The van der Waals surface area contributed by atoms with Gasteiger partial charge in [0.1, 0.15) is 17.3 Å². The number of aryl methyl sites for hydroxylation is 1. The number of urea groups is 1. The summed E-state index contributed by atoms with van der Waals surface area (Å²) in [4.78, 5) is 13.8. The van der Waals surface area contributed by atoms with E-state index in [2.05, 4.69) is 5.32 Å². The van der Waals surface area contributed by atoms with Crippen molar-refractivity contribution >= 4 is 11.7 Å². The van der Waals surface area contributed by atoms with Gasteiger partial charge in [0.15, 0.2) is 0 Å². The Balaban J connectivity index is 2.07. The Bertz CT molecular complexity index is 627. The molecule has 2 amide bonds. The third kappa shape index (κ3) is 4.33. The van der Waals surface area contributed by atoms with Crippen LogP contribution < -0.4 is 5.32 Å². The maximum atomic E-state index is 13.6. The highest BCUT2D eigenvalue weighted by Gasteiger charge is 2.17. The maximum Gasteiger partial charge on any atom is 0.322 e. The molecule has 0 aliphatic heterocycles. The fourth-order valence-electron chi connectivity index (χ4n) is 1.97. The number of para-hydroxylation sites is 1. The highest BCUT2D eigenvalue weighted by molar-refractivity contribution is 5.89. The molecule has 1 heterocycles. The Labute approximate surface area is 128 Å². The van der Waals surface area contributed by atoms with Crippen LogP contribution in [0.3, 0.4) is 0 Å². The van der Waals surface area contributed by atoms with Gasteiger partial charge in [-0.25, -0.2) is 9.18 Å². The molecule has 0 aliphatic carbocycles. The van der Waals surface area contributed by atoms with E-state index in [0.717, 1.165) is 5.76 Å².